The second-order valence-electron chi connectivity index (χ2n) is 5.95. The minimum absolute atomic E-state index is 1.16. The minimum Gasteiger partial charge on any atom is -0.378 e. The summed E-state index contributed by atoms with van der Waals surface area (Å²) in [4.78, 5) is 5.62. The second kappa shape index (κ2) is 7.46. The van der Waals surface area contributed by atoms with Crippen molar-refractivity contribution in [2.45, 2.75) is 6.92 Å². The number of anilines is 1. The molecule has 0 spiro atoms. The Hall–Kier alpha value is -1.32. The number of quaternary nitrogens is 2. The molecule has 0 radical (unpaired) electrons. The zero-order chi connectivity index (χ0) is 14.4. The summed E-state index contributed by atoms with van der Waals surface area (Å²) in [6.07, 6.45) is 4.59. The third-order valence-corrected chi connectivity index (χ3v) is 4.29. The Balaban J connectivity index is 1.79. The van der Waals surface area contributed by atoms with E-state index in [0.29, 0.717) is 0 Å². The number of nitrogens with zero attached hydrogens (tertiary/aromatic N) is 1. The van der Waals surface area contributed by atoms with Gasteiger partial charge in [0.05, 0.1) is 13.1 Å². The van der Waals surface area contributed by atoms with Gasteiger partial charge < -0.3 is 14.7 Å². The highest BCUT2D eigenvalue weighted by atomic mass is 15.2. The first-order valence-electron chi connectivity index (χ1n) is 7.80. The van der Waals surface area contributed by atoms with Crippen molar-refractivity contribution in [3.63, 3.8) is 0 Å². The minimum atomic E-state index is 1.16. The van der Waals surface area contributed by atoms with Crippen LogP contribution in [0.2, 0.25) is 0 Å². The lowest BCUT2D eigenvalue weighted by molar-refractivity contribution is -1.01. The monoisotopic (exact) mass is 275 g/mol. The molecule has 20 heavy (non-hydrogen) atoms. The lowest BCUT2D eigenvalue weighted by Gasteiger charge is -2.28. The molecule has 1 saturated heterocycles. The molecule has 0 aliphatic carbocycles. The standard InChI is InChI=1S/C17H27N3/c1-4-19-12-14-20(15-13-19)11-5-6-16-7-9-17(10-8-16)18(2)3/h5-10H,4,11-15H2,1-3H3/p+2/b6-5-. The fraction of sp³-hybridized carbons (Fsp3) is 0.529. The number of benzene rings is 1. The Kier molecular flexibility index (Phi) is 5.62. The van der Waals surface area contributed by atoms with Crippen molar-refractivity contribution in [3.8, 4) is 0 Å². The molecule has 0 saturated carbocycles. The van der Waals surface area contributed by atoms with Gasteiger partial charge in [-0.1, -0.05) is 18.2 Å². The molecule has 1 fully saturated rings. The summed E-state index contributed by atoms with van der Waals surface area (Å²) in [6, 6.07) is 8.74. The van der Waals surface area contributed by atoms with Crippen molar-refractivity contribution in [1.29, 1.82) is 0 Å². The average molecular weight is 275 g/mol. The molecule has 110 valence electrons. The maximum absolute atomic E-state index is 2.33. The van der Waals surface area contributed by atoms with Crippen LogP contribution < -0.4 is 14.7 Å². The quantitative estimate of drug-likeness (QED) is 0.743. The molecule has 1 aliphatic heterocycles. The predicted molar refractivity (Wildman–Crippen MR) is 86.6 cm³/mol. The molecule has 2 rings (SSSR count). The van der Waals surface area contributed by atoms with Crippen LogP contribution in [0.3, 0.4) is 0 Å². The van der Waals surface area contributed by atoms with E-state index in [1.54, 1.807) is 9.80 Å². The van der Waals surface area contributed by atoms with Crippen molar-refractivity contribution >= 4 is 11.8 Å². The lowest BCUT2D eigenvalue weighted by Crippen LogP contribution is -3.27. The van der Waals surface area contributed by atoms with Gasteiger partial charge in [-0.2, -0.15) is 0 Å². The summed E-state index contributed by atoms with van der Waals surface area (Å²) < 4.78 is 0. The summed E-state index contributed by atoms with van der Waals surface area (Å²) in [5.41, 5.74) is 2.55. The van der Waals surface area contributed by atoms with E-state index in [2.05, 4.69) is 62.3 Å². The first kappa shape index (κ1) is 15.1. The highest BCUT2D eigenvalue weighted by Gasteiger charge is 2.19. The van der Waals surface area contributed by atoms with Crippen LogP contribution >= 0.6 is 0 Å². The van der Waals surface area contributed by atoms with Gasteiger partial charge in [0.15, 0.2) is 0 Å². The van der Waals surface area contributed by atoms with Gasteiger partial charge >= 0.3 is 0 Å². The van der Waals surface area contributed by atoms with Gasteiger partial charge in [-0.3, -0.25) is 0 Å². The molecule has 1 aliphatic rings. The summed E-state index contributed by atoms with van der Waals surface area (Å²) in [5, 5.41) is 0. The highest BCUT2D eigenvalue weighted by molar-refractivity contribution is 5.55. The Morgan fingerprint density at radius 1 is 1.00 bits per heavy atom. The number of hydrogen-bond donors (Lipinski definition) is 2. The van der Waals surface area contributed by atoms with Crippen molar-refractivity contribution in [1.82, 2.24) is 0 Å². The average Bonchev–Trinajstić information content (AvgIpc) is 2.48. The molecule has 0 bridgehead atoms. The molecule has 0 unspecified atom stereocenters. The molecule has 1 aromatic rings. The summed E-state index contributed by atoms with van der Waals surface area (Å²) in [7, 11) is 4.15. The van der Waals surface area contributed by atoms with E-state index in [1.165, 1.54) is 44.0 Å². The Labute approximate surface area is 123 Å². The van der Waals surface area contributed by atoms with E-state index in [9.17, 15) is 0 Å². The van der Waals surface area contributed by atoms with Crippen LogP contribution in [0.15, 0.2) is 30.3 Å². The second-order valence-corrected chi connectivity index (χ2v) is 5.95. The Bertz CT molecular complexity index is 414. The molecule has 3 nitrogen and oxygen atoms in total. The number of hydrogen-bond acceptors (Lipinski definition) is 1. The van der Waals surface area contributed by atoms with Gasteiger partial charge in [0.2, 0.25) is 0 Å². The van der Waals surface area contributed by atoms with Crippen LogP contribution in [0.4, 0.5) is 5.69 Å². The normalized spacial score (nSPS) is 23.1. The maximum atomic E-state index is 2.33. The van der Waals surface area contributed by atoms with Crippen LogP contribution in [0.5, 0.6) is 0 Å². The maximum Gasteiger partial charge on any atom is 0.127 e. The molecule has 0 amide bonds. The molecule has 3 heteroatoms. The SMILES string of the molecule is CC[NH+]1CC[NH+](C/C=C\c2ccc(N(C)C)cc2)CC1. The topological polar surface area (TPSA) is 12.1 Å². The van der Waals surface area contributed by atoms with E-state index < -0.39 is 0 Å². The molecule has 1 heterocycles. The summed E-state index contributed by atoms with van der Waals surface area (Å²) >= 11 is 0. The van der Waals surface area contributed by atoms with Gasteiger partial charge in [0.25, 0.3) is 0 Å². The lowest BCUT2D eigenvalue weighted by atomic mass is 10.2. The molecule has 0 atom stereocenters. The third kappa shape index (κ3) is 4.36. The number of likely N-dealkylation sites (N-methyl/N-ethyl adjacent to an activating group) is 1. The smallest absolute Gasteiger partial charge is 0.127 e. The van der Waals surface area contributed by atoms with Crippen LogP contribution in [0.1, 0.15) is 12.5 Å². The van der Waals surface area contributed by atoms with Crippen molar-refractivity contribution < 1.29 is 9.80 Å². The fourth-order valence-corrected chi connectivity index (χ4v) is 2.76. The van der Waals surface area contributed by atoms with Gasteiger partial charge in [-0.25, -0.2) is 0 Å². The first-order valence-corrected chi connectivity index (χ1v) is 7.80. The van der Waals surface area contributed by atoms with Gasteiger partial charge in [0, 0.05) is 19.8 Å². The van der Waals surface area contributed by atoms with Gasteiger partial charge in [-0.05, 0) is 30.7 Å². The van der Waals surface area contributed by atoms with Crippen molar-refractivity contribution in [2.24, 2.45) is 0 Å². The van der Waals surface area contributed by atoms with Crippen LogP contribution in [0.25, 0.3) is 6.08 Å². The summed E-state index contributed by atoms with van der Waals surface area (Å²) in [6.45, 7) is 10.0. The van der Waals surface area contributed by atoms with E-state index in [0.717, 1.165) is 6.54 Å². The highest BCUT2D eigenvalue weighted by Crippen LogP contribution is 2.12. The largest absolute Gasteiger partial charge is 0.378 e. The molecule has 1 aromatic carbocycles. The summed E-state index contributed by atoms with van der Waals surface area (Å²) in [5.74, 6) is 0. The number of nitrogens with one attached hydrogen (secondary N) is 2. The van der Waals surface area contributed by atoms with Crippen LogP contribution in [-0.2, 0) is 0 Å². The molecule has 2 N–H and O–H groups in total. The van der Waals surface area contributed by atoms with Crippen molar-refractivity contribution in [2.75, 3.05) is 58.3 Å². The Morgan fingerprint density at radius 3 is 2.15 bits per heavy atom. The van der Waals surface area contributed by atoms with Crippen LogP contribution in [0, 0.1) is 0 Å². The van der Waals surface area contributed by atoms with E-state index >= 15 is 0 Å². The zero-order valence-electron chi connectivity index (χ0n) is 13.2. The third-order valence-electron chi connectivity index (χ3n) is 4.29. The van der Waals surface area contributed by atoms with Gasteiger partial charge in [-0.15, -0.1) is 0 Å². The fourth-order valence-electron chi connectivity index (χ4n) is 2.76. The molecular weight excluding hydrogens is 246 g/mol. The first-order chi connectivity index (χ1) is 9.69. The zero-order valence-corrected chi connectivity index (χ0v) is 13.2. The molecule has 0 aromatic heterocycles. The number of rotatable bonds is 5. The Morgan fingerprint density at radius 2 is 1.60 bits per heavy atom. The van der Waals surface area contributed by atoms with Crippen molar-refractivity contribution in [3.05, 3.63) is 35.9 Å². The van der Waals surface area contributed by atoms with E-state index in [-0.39, 0.29) is 0 Å². The van der Waals surface area contributed by atoms with Gasteiger partial charge in [0.1, 0.15) is 26.2 Å². The molecular formula is C17H29N3+2. The van der Waals surface area contributed by atoms with E-state index in [1.807, 2.05) is 0 Å². The van der Waals surface area contributed by atoms with Crippen LogP contribution in [-0.4, -0.2) is 53.4 Å². The predicted octanol–water partition coefficient (Wildman–Crippen LogP) is -0.431. The van der Waals surface area contributed by atoms with E-state index in [4.69, 9.17) is 0 Å². The number of piperazine rings is 1.